The minimum atomic E-state index is -3.05. The second-order valence-corrected chi connectivity index (χ2v) is 13.4. The number of nitrogens with one attached hydrogen (secondary N) is 1. The number of carbonyl (C=O) groups excluding carboxylic acids is 1. The smallest absolute Gasteiger partial charge is 0.246 e. The summed E-state index contributed by atoms with van der Waals surface area (Å²) in [6.07, 6.45) is 6.35. The molecule has 2 atom stereocenters. The summed E-state index contributed by atoms with van der Waals surface area (Å²) >= 11 is 0. The highest BCUT2D eigenvalue weighted by atomic mass is 32.2. The summed E-state index contributed by atoms with van der Waals surface area (Å²) in [6.45, 7) is 2.60. The fourth-order valence-electron chi connectivity index (χ4n) is 5.84. The molecule has 3 fully saturated rings. The van der Waals surface area contributed by atoms with Gasteiger partial charge in [0.2, 0.25) is 11.8 Å². The van der Waals surface area contributed by atoms with Crippen LogP contribution in [0.2, 0.25) is 0 Å². The molecular weight excluding hydrogens is 528 g/mol. The van der Waals surface area contributed by atoms with Crippen molar-refractivity contribution < 1.29 is 17.6 Å². The minimum absolute atomic E-state index is 0.101. The zero-order valence-electron chi connectivity index (χ0n) is 22.5. The first-order valence-electron chi connectivity index (χ1n) is 13.9. The van der Waals surface area contributed by atoms with E-state index in [-0.39, 0.29) is 29.2 Å². The predicted octanol–water partition coefficient (Wildman–Crippen LogP) is 3.79. The lowest BCUT2D eigenvalue weighted by atomic mass is 9.76. The number of oxazole rings is 1. The Labute approximate surface area is 233 Å². The van der Waals surface area contributed by atoms with Crippen molar-refractivity contribution in [3.63, 3.8) is 0 Å². The highest BCUT2D eigenvalue weighted by Crippen LogP contribution is 2.46. The van der Waals surface area contributed by atoms with E-state index < -0.39 is 15.4 Å². The summed E-state index contributed by atoms with van der Waals surface area (Å²) < 4.78 is 30.8. The van der Waals surface area contributed by atoms with E-state index in [1.165, 1.54) is 0 Å². The van der Waals surface area contributed by atoms with Crippen molar-refractivity contribution >= 4 is 21.4 Å². The fraction of sp³-hybridized carbons (Fsp3) is 0.483. The second kappa shape index (κ2) is 10.3. The molecule has 3 aromatic rings. The highest BCUT2D eigenvalue weighted by molar-refractivity contribution is 7.91. The van der Waals surface area contributed by atoms with Gasteiger partial charge in [-0.25, -0.2) is 23.4 Å². The van der Waals surface area contributed by atoms with Crippen LogP contribution in [0.15, 0.2) is 40.9 Å². The SMILES string of the molecule is Cc1nccc(-c2nc(-c3ccccc3N3CCS(=O)(=O)CC3)c([C@@H]3CCCC[C@H]3C(=O)NC3(C#N)CC3)o2)n1. The molecular formula is C29H32N6O4S. The quantitative estimate of drug-likeness (QED) is 0.476. The maximum absolute atomic E-state index is 13.5. The number of anilines is 1. The largest absolute Gasteiger partial charge is 0.439 e. The van der Waals surface area contributed by atoms with Crippen molar-refractivity contribution in [1.82, 2.24) is 20.3 Å². The third-order valence-corrected chi connectivity index (χ3v) is 9.87. The Kier molecular flexibility index (Phi) is 6.82. The minimum Gasteiger partial charge on any atom is -0.439 e. The van der Waals surface area contributed by atoms with Crippen LogP contribution in [-0.2, 0) is 14.6 Å². The summed E-state index contributed by atoms with van der Waals surface area (Å²) in [5.74, 6) is 1.09. The van der Waals surface area contributed by atoms with E-state index in [0.717, 1.165) is 30.5 Å². The molecule has 11 heteroatoms. The standard InChI is InChI=1S/C29H32N6O4S/c1-19-31-13-10-23(32-19)28-33-25(22-8-4-5-9-24(22)35-14-16-40(37,38)17-15-35)26(39-28)20-6-2-3-7-21(20)27(36)34-29(18-30)11-12-29/h4-5,8-10,13,20-21H,2-3,6-7,11-12,14-17H2,1H3,(H,34,36)/t20-,21-/m1/s1. The van der Waals surface area contributed by atoms with Gasteiger partial charge in [0.1, 0.15) is 28.5 Å². The van der Waals surface area contributed by atoms with Gasteiger partial charge in [0.25, 0.3) is 0 Å². The second-order valence-electron chi connectivity index (χ2n) is 11.1. The van der Waals surface area contributed by atoms with Crippen LogP contribution in [0.4, 0.5) is 5.69 Å². The Morgan fingerprint density at radius 3 is 2.60 bits per heavy atom. The Hall–Kier alpha value is -3.78. The first-order valence-corrected chi connectivity index (χ1v) is 15.7. The molecule has 1 N–H and O–H groups in total. The maximum atomic E-state index is 13.5. The topological polar surface area (TPSA) is 142 Å². The molecule has 0 spiro atoms. The van der Waals surface area contributed by atoms with Crippen molar-refractivity contribution in [2.45, 2.75) is 56.9 Å². The number of sulfone groups is 1. The molecule has 2 aliphatic carbocycles. The van der Waals surface area contributed by atoms with Gasteiger partial charge in [0.05, 0.1) is 17.6 Å². The van der Waals surface area contributed by atoms with Crippen LogP contribution in [0.1, 0.15) is 56.0 Å². The van der Waals surface area contributed by atoms with Crippen LogP contribution < -0.4 is 10.2 Å². The summed E-state index contributed by atoms with van der Waals surface area (Å²) in [6, 6.07) is 11.8. The molecule has 3 aliphatic rings. The third kappa shape index (κ3) is 5.20. The Morgan fingerprint density at radius 1 is 1.12 bits per heavy atom. The number of benzene rings is 1. The van der Waals surface area contributed by atoms with Crippen molar-refractivity contribution in [1.29, 1.82) is 5.26 Å². The molecule has 3 heterocycles. The Balaban J connectivity index is 1.44. The van der Waals surface area contributed by atoms with Gasteiger partial charge in [-0.15, -0.1) is 0 Å². The molecule has 2 aromatic heterocycles. The Morgan fingerprint density at radius 2 is 1.88 bits per heavy atom. The molecule has 10 nitrogen and oxygen atoms in total. The van der Waals surface area contributed by atoms with Gasteiger partial charge < -0.3 is 14.6 Å². The summed E-state index contributed by atoms with van der Waals surface area (Å²) in [4.78, 5) is 29.3. The van der Waals surface area contributed by atoms with E-state index in [1.54, 1.807) is 19.2 Å². The van der Waals surface area contributed by atoms with E-state index in [2.05, 4.69) is 26.3 Å². The molecule has 0 radical (unpaired) electrons. The number of aryl methyl sites for hydroxylation is 1. The summed E-state index contributed by atoms with van der Waals surface area (Å²) in [7, 11) is -3.05. The van der Waals surface area contributed by atoms with E-state index in [9.17, 15) is 18.5 Å². The monoisotopic (exact) mass is 560 g/mol. The predicted molar refractivity (Wildman–Crippen MR) is 149 cm³/mol. The van der Waals surface area contributed by atoms with E-state index in [0.29, 0.717) is 61.2 Å². The molecule has 0 bridgehead atoms. The van der Waals surface area contributed by atoms with E-state index >= 15 is 0 Å². The molecule has 208 valence electrons. The van der Waals surface area contributed by atoms with Gasteiger partial charge in [0, 0.05) is 42.4 Å². The Bertz CT molecular complexity index is 1580. The lowest BCUT2D eigenvalue weighted by molar-refractivity contribution is -0.127. The van der Waals surface area contributed by atoms with Crippen molar-refractivity contribution in [3.8, 4) is 28.9 Å². The number of amides is 1. The van der Waals surface area contributed by atoms with Gasteiger partial charge in [-0.2, -0.15) is 5.26 Å². The van der Waals surface area contributed by atoms with Gasteiger partial charge in [-0.3, -0.25) is 4.79 Å². The van der Waals surface area contributed by atoms with Gasteiger partial charge >= 0.3 is 0 Å². The van der Waals surface area contributed by atoms with E-state index in [4.69, 9.17) is 9.40 Å². The maximum Gasteiger partial charge on any atom is 0.246 e. The van der Waals surface area contributed by atoms with Crippen LogP contribution in [0.25, 0.3) is 22.8 Å². The van der Waals surface area contributed by atoms with Crippen molar-refractivity contribution in [2.75, 3.05) is 29.5 Å². The van der Waals surface area contributed by atoms with Crippen molar-refractivity contribution in [3.05, 3.63) is 48.1 Å². The zero-order valence-corrected chi connectivity index (χ0v) is 23.3. The molecule has 1 saturated heterocycles. The first kappa shape index (κ1) is 26.4. The number of hydrogen-bond acceptors (Lipinski definition) is 9. The fourth-order valence-corrected chi connectivity index (χ4v) is 7.04. The summed E-state index contributed by atoms with van der Waals surface area (Å²) in [5, 5.41) is 12.6. The van der Waals surface area contributed by atoms with Crippen LogP contribution >= 0.6 is 0 Å². The average Bonchev–Trinajstić information content (AvgIpc) is 3.59. The molecule has 1 aliphatic heterocycles. The number of hydrogen-bond donors (Lipinski definition) is 1. The molecule has 0 unspecified atom stereocenters. The molecule has 40 heavy (non-hydrogen) atoms. The highest BCUT2D eigenvalue weighted by Gasteiger charge is 2.47. The van der Waals surface area contributed by atoms with Gasteiger partial charge in [-0.05, 0) is 44.7 Å². The normalized spacial score (nSPS) is 23.2. The van der Waals surface area contributed by atoms with Crippen LogP contribution in [-0.4, -0.2) is 59.4 Å². The van der Waals surface area contributed by atoms with Gasteiger partial charge in [0.15, 0.2) is 9.84 Å². The van der Waals surface area contributed by atoms with Crippen LogP contribution in [0.5, 0.6) is 0 Å². The zero-order chi connectivity index (χ0) is 27.9. The molecule has 2 saturated carbocycles. The molecule has 1 aromatic carbocycles. The number of para-hydroxylation sites is 1. The van der Waals surface area contributed by atoms with E-state index in [1.807, 2.05) is 24.3 Å². The molecule has 6 rings (SSSR count). The average molecular weight is 561 g/mol. The lowest BCUT2D eigenvalue weighted by Gasteiger charge is -2.32. The number of nitrogens with zero attached hydrogens (tertiary/aromatic N) is 5. The first-order chi connectivity index (χ1) is 19.3. The third-order valence-electron chi connectivity index (χ3n) is 8.26. The molecule has 1 amide bonds. The van der Waals surface area contributed by atoms with Gasteiger partial charge in [-0.1, -0.05) is 31.0 Å². The summed E-state index contributed by atoms with van der Waals surface area (Å²) in [5.41, 5.74) is 2.17. The number of aromatic nitrogens is 3. The number of nitriles is 1. The number of carbonyl (C=O) groups is 1. The van der Waals surface area contributed by atoms with Crippen molar-refractivity contribution in [2.24, 2.45) is 5.92 Å². The number of rotatable bonds is 6. The van der Waals surface area contributed by atoms with Crippen LogP contribution in [0.3, 0.4) is 0 Å². The lowest BCUT2D eigenvalue weighted by Crippen LogP contribution is -2.42. The van der Waals surface area contributed by atoms with Crippen LogP contribution in [0, 0.1) is 24.2 Å².